The molecule has 1 aliphatic heterocycles. The summed E-state index contributed by atoms with van der Waals surface area (Å²) in [7, 11) is 0. The molecular weight excluding hydrogens is 228 g/mol. The summed E-state index contributed by atoms with van der Waals surface area (Å²) in [5.41, 5.74) is 8.04. The zero-order valence-corrected chi connectivity index (χ0v) is 11.0. The maximum atomic E-state index is 12.5. The Labute approximate surface area is 108 Å². The first-order valence-electron chi connectivity index (χ1n) is 6.39. The van der Waals surface area contributed by atoms with Crippen molar-refractivity contribution < 1.29 is 9.53 Å². The molecule has 1 amide bonds. The second kappa shape index (κ2) is 5.40. The number of amides is 1. The van der Waals surface area contributed by atoms with Crippen molar-refractivity contribution in [2.45, 2.75) is 26.4 Å². The normalized spacial score (nSPS) is 19.9. The van der Waals surface area contributed by atoms with E-state index in [2.05, 4.69) is 6.92 Å². The molecule has 1 atom stereocenters. The minimum atomic E-state index is 0.0207. The van der Waals surface area contributed by atoms with Gasteiger partial charge in [-0.2, -0.15) is 0 Å². The lowest BCUT2D eigenvalue weighted by atomic mass is 10.0. The van der Waals surface area contributed by atoms with Crippen LogP contribution in [0.25, 0.3) is 0 Å². The Kier molecular flexibility index (Phi) is 3.87. The van der Waals surface area contributed by atoms with Gasteiger partial charge in [0.25, 0.3) is 5.91 Å². The fourth-order valence-electron chi connectivity index (χ4n) is 2.29. The highest BCUT2D eigenvalue weighted by Gasteiger charge is 2.25. The van der Waals surface area contributed by atoms with Gasteiger partial charge in [0.15, 0.2) is 0 Å². The predicted octanol–water partition coefficient (Wildman–Crippen LogP) is 1.83. The SMILES string of the molecule is CCC1CN(C(=O)c2c(C)cccc2N)CCO1. The molecule has 2 rings (SSSR count). The molecule has 0 radical (unpaired) electrons. The van der Waals surface area contributed by atoms with Crippen molar-refractivity contribution in [2.75, 3.05) is 25.4 Å². The van der Waals surface area contributed by atoms with Crippen molar-refractivity contribution in [3.8, 4) is 0 Å². The number of anilines is 1. The minimum absolute atomic E-state index is 0.0207. The molecule has 0 saturated carbocycles. The summed E-state index contributed by atoms with van der Waals surface area (Å²) in [6, 6.07) is 5.56. The van der Waals surface area contributed by atoms with Crippen molar-refractivity contribution in [3.05, 3.63) is 29.3 Å². The number of carbonyl (C=O) groups is 1. The molecule has 1 unspecified atom stereocenters. The summed E-state index contributed by atoms with van der Waals surface area (Å²) in [5, 5.41) is 0. The number of nitrogens with zero attached hydrogens (tertiary/aromatic N) is 1. The molecule has 1 aliphatic rings. The standard InChI is InChI=1S/C14H20N2O2/c1-3-11-9-16(7-8-18-11)14(17)13-10(2)5-4-6-12(13)15/h4-6,11H,3,7-9,15H2,1-2H3. The highest BCUT2D eigenvalue weighted by atomic mass is 16.5. The Hall–Kier alpha value is -1.55. The molecular formula is C14H20N2O2. The van der Waals surface area contributed by atoms with Crippen LogP contribution in [0.4, 0.5) is 5.69 Å². The van der Waals surface area contributed by atoms with Gasteiger partial charge in [-0.25, -0.2) is 0 Å². The first kappa shape index (κ1) is 12.9. The number of morpholine rings is 1. The van der Waals surface area contributed by atoms with Crippen LogP contribution in [-0.4, -0.2) is 36.6 Å². The van der Waals surface area contributed by atoms with Crippen LogP contribution in [0.3, 0.4) is 0 Å². The fraction of sp³-hybridized carbons (Fsp3) is 0.500. The van der Waals surface area contributed by atoms with Crippen LogP contribution in [0.2, 0.25) is 0 Å². The zero-order valence-electron chi connectivity index (χ0n) is 11.0. The van der Waals surface area contributed by atoms with Gasteiger partial charge in [0.2, 0.25) is 0 Å². The molecule has 4 nitrogen and oxygen atoms in total. The molecule has 18 heavy (non-hydrogen) atoms. The van der Waals surface area contributed by atoms with E-state index >= 15 is 0 Å². The number of nitrogen functional groups attached to an aromatic ring is 1. The fourth-order valence-corrected chi connectivity index (χ4v) is 2.29. The maximum absolute atomic E-state index is 12.5. The summed E-state index contributed by atoms with van der Waals surface area (Å²) in [5.74, 6) is 0.0207. The molecule has 1 aromatic carbocycles. The van der Waals surface area contributed by atoms with E-state index < -0.39 is 0 Å². The third-order valence-corrected chi connectivity index (χ3v) is 3.40. The molecule has 1 saturated heterocycles. The topological polar surface area (TPSA) is 55.6 Å². The van der Waals surface area contributed by atoms with E-state index in [-0.39, 0.29) is 12.0 Å². The van der Waals surface area contributed by atoms with Crippen LogP contribution in [-0.2, 0) is 4.74 Å². The smallest absolute Gasteiger partial charge is 0.256 e. The van der Waals surface area contributed by atoms with Gasteiger partial charge in [-0.15, -0.1) is 0 Å². The van der Waals surface area contributed by atoms with Crippen LogP contribution in [0, 0.1) is 6.92 Å². The van der Waals surface area contributed by atoms with Gasteiger partial charge in [0.05, 0.1) is 18.3 Å². The van der Waals surface area contributed by atoms with Gasteiger partial charge in [-0.3, -0.25) is 4.79 Å². The monoisotopic (exact) mass is 248 g/mol. The Morgan fingerprint density at radius 2 is 2.33 bits per heavy atom. The summed E-state index contributed by atoms with van der Waals surface area (Å²) in [6.07, 6.45) is 1.07. The van der Waals surface area contributed by atoms with Crippen molar-refractivity contribution >= 4 is 11.6 Å². The highest BCUT2D eigenvalue weighted by molar-refractivity contribution is 6.00. The largest absolute Gasteiger partial charge is 0.398 e. The van der Waals surface area contributed by atoms with E-state index in [1.165, 1.54) is 0 Å². The lowest BCUT2D eigenvalue weighted by Gasteiger charge is -2.33. The number of hydrogen-bond acceptors (Lipinski definition) is 3. The van der Waals surface area contributed by atoms with Gasteiger partial charge in [0.1, 0.15) is 0 Å². The number of hydrogen-bond donors (Lipinski definition) is 1. The summed E-state index contributed by atoms with van der Waals surface area (Å²) in [4.78, 5) is 14.3. The maximum Gasteiger partial charge on any atom is 0.256 e. The van der Waals surface area contributed by atoms with Gasteiger partial charge in [-0.1, -0.05) is 19.1 Å². The third-order valence-electron chi connectivity index (χ3n) is 3.40. The lowest BCUT2D eigenvalue weighted by molar-refractivity contribution is -0.0226. The molecule has 0 aromatic heterocycles. The van der Waals surface area contributed by atoms with Crippen LogP contribution in [0.15, 0.2) is 18.2 Å². The zero-order chi connectivity index (χ0) is 13.1. The van der Waals surface area contributed by atoms with E-state index in [9.17, 15) is 4.79 Å². The molecule has 4 heteroatoms. The Balaban J connectivity index is 2.20. The molecule has 0 aliphatic carbocycles. The van der Waals surface area contributed by atoms with Crippen LogP contribution in [0.1, 0.15) is 29.3 Å². The van der Waals surface area contributed by atoms with Crippen molar-refractivity contribution in [1.82, 2.24) is 4.90 Å². The van der Waals surface area contributed by atoms with Gasteiger partial charge in [0, 0.05) is 18.8 Å². The van der Waals surface area contributed by atoms with E-state index in [1.54, 1.807) is 6.07 Å². The predicted molar refractivity (Wildman–Crippen MR) is 71.5 cm³/mol. The van der Waals surface area contributed by atoms with E-state index in [1.807, 2.05) is 24.0 Å². The quantitative estimate of drug-likeness (QED) is 0.812. The van der Waals surface area contributed by atoms with Crippen LogP contribution >= 0.6 is 0 Å². The van der Waals surface area contributed by atoms with Gasteiger partial charge < -0.3 is 15.4 Å². The molecule has 1 heterocycles. The number of rotatable bonds is 2. The third kappa shape index (κ3) is 2.48. The first-order valence-corrected chi connectivity index (χ1v) is 6.39. The second-order valence-electron chi connectivity index (χ2n) is 4.69. The second-order valence-corrected chi connectivity index (χ2v) is 4.69. The highest BCUT2D eigenvalue weighted by Crippen LogP contribution is 2.20. The molecule has 1 fully saturated rings. The average Bonchev–Trinajstić information content (AvgIpc) is 2.38. The Morgan fingerprint density at radius 3 is 3.00 bits per heavy atom. The van der Waals surface area contributed by atoms with E-state index in [4.69, 9.17) is 10.5 Å². The van der Waals surface area contributed by atoms with Crippen LogP contribution < -0.4 is 5.73 Å². The van der Waals surface area contributed by atoms with Crippen molar-refractivity contribution in [2.24, 2.45) is 0 Å². The lowest BCUT2D eigenvalue weighted by Crippen LogP contribution is -2.45. The van der Waals surface area contributed by atoms with Gasteiger partial charge in [-0.05, 0) is 25.0 Å². The summed E-state index contributed by atoms with van der Waals surface area (Å²) < 4.78 is 5.58. The van der Waals surface area contributed by atoms with Crippen LogP contribution in [0.5, 0.6) is 0 Å². The van der Waals surface area contributed by atoms with Crippen molar-refractivity contribution in [1.29, 1.82) is 0 Å². The number of benzene rings is 1. The van der Waals surface area contributed by atoms with Crippen molar-refractivity contribution in [3.63, 3.8) is 0 Å². The Morgan fingerprint density at radius 1 is 1.56 bits per heavy atom. The molecule has 1 aromatic rings. The first-order chi connectivity index (χ1) is 8.63. The number of aryl methyl sites for hydroxylation is 1. The molecule has 0 spiro atoms. The summed E-state index contributed by atoms with van der Waals surface area (Å²) >= 11 is 0. The molecule has 98 valence electrons. The number of ether oxygens (including phenoxy) is 1. The Bertz CT molecular complexity index is 425. The van der Waals surface area contributed by atoms with E-state index in [0.717, 1.165) is 12.0 Å². The molecule has 2 N–H and O–H groups in total. The minimum Gasteiger partial charge on any atom is -0.398 e. The number of nitrogens with two attached hydrogens (primary N) is 1. The van der Waals surface area contributed by atoms with Gasteiger partial charge >= 0.3 is 0 Å². The average molecular weight is 248 g/mol. The van der Waals surface area contributed by atoms with E-state index in [0.29, 0.717) is 30.9 Å². The summed E-state index contributed by atoms with van der Waals surface area (Å²) in [6.45, 7) is 5.89. The molecule has 0 bridgehead atoms. The number of carbonyl (C=O) groups excluding carboxylic acids is 1.